The number of pyridine rings is 1. The molecule has 1 aromatic rings. The van der Waals surface area contributed by atoms with E-state index in [2.05, 4.69) is 11.1 Å². The molecule has 0 radical (unpaired) electrons. The zero-order valence-corrected chi connectivity index (χ0v) is 11.0. The van der Waals surface area contributed by atoms with Crippen molar-refractivity contribution in [2.24, 2.45) is 0 Å². The van der Waals surface area contributed by atoms with Crippen LogP contribution in [0.1, 0.15) is 30.5 Å². The maximum atomic E-state index is 9.12. The van der Waals surface area contributed by atoms with E-state index < -0.39 is 0 Å². The number of likely N-dealkylation sites (N-methyl/N-ethyl adjacent to an activating group) is 1. The molecule has 0 aliphatic carbocycles. The zero-order valence-electron chi connectivity index (χ0n) is 11.0. The number of anilines is 1. The van der Waals surface area contributed by atoms with Gasteiger partial charge in [-0.25, -0.2) is 4.98 Å². The summed E-state index contributed by atoms with van der Waals surface area (Å²) in [4.78, 5) is 6.49. The van der Waals surface area contributed by atoms with Gasteiger partial charge < -0.3 is 9.64 Å². The lowest BCUT2D eigenvalue weighted by Gasteiger charge is -2.28. The molecular weight excluding hydrogens is 226 g/mol. The van der Waals surface area contributed by atoms with Crippen molar-refractivity contribution in [1.29, 1.82) is 5.26 Å². The molecule has 4 nitrogen and oxygen atoms in total. The van der Waals surface area contributed by atoms with E-state index in [-0.39, 0.29) is 6.10 Å². The van der Waals surface area contributed by atoms with Crippen molar-refractivity contribution in [3.63, 3.8) is 0 Å². The van der Waals surface area contributed by atoms with Crippen LogP contribution in [0, 0.1) is 18.3 Å². The highest BCUT2D eigenvalue weighted by molar-refractivity contribution is 5.53. The Bertz CT molecular complexity index is 447. The molecule has 2 rings (SSSR count). The Morgan fingerprint density at radius 1 is 1.50 bits per heavy atom. The fraction of sp³-hybridized carbons (Fsp3) is 0.571. The van der Waals surface area contributed by atoms with Gasteiger partial charge in [-0.3, -0.25) is 0 Å². The van der Waals surface area contributed by atoms with Crippen LogP contribution in [0.4, 0.5) is 5.82 Å². The number of hydrogen-bond acceptors (Lipinski definition) is 4. The monoisotopic (exact) mass is 245 g/mol. The Hall–Kier alpha value is -1.60. The summed E-state index contributed by atoms with van der Waals surface area (Å²) in [6, 6.07) is 5.89. The predicted octanol–water partition coefficient (Wildman–Crippen LogP) is 2.27. The van der Waals surface area contributed by atoms with Crippen LogP contribution in [0.15, 0.2) is 12.1 Å². The quantitative estimate of drug-likeness (QED) is 0.819. The third-order valence-electron chi connectivity index (χ3n) is 3.25. The number of ether oxygens (including phenoxy) is 1. The first-order valence-corrected chi connectivity index (χ1v) is 6.41. The summed E-state index contributed by atoms with van der Waals surface area (Å²) in [7, 11) is 1.97. The van der Waals surface area contributed by atoms with Crippen LogP contribution in [0.3, 0.4) is 0 Å². The summed E-state index contributed by atoms with van der Waals surface area (Å²) in [6.07, 6.45) is 3.74. The van der Waals surface area contributed by atoms with Crippen LogP contribution in [-0.4, -0.2) is 31.3 Å². The molecular formula is C14H19N3O. The van der Waals surface area contributed by atoms with Gasteiger partial charge in [-0.15, -0.1) is 0 Å². The van der Waals surface area contributed by atoms with Crippen molar-refractivity contribution in [2.75, 3.05) is 25.1 Å². The number of aromatic nitrogens is 1. The van der Waals surface area contributed by atoms with Crippen LogP contribution < -0.4 is 4.90 Å². The Morgan fingerprint density at radius 3 is 3.00 bits per heavy atom. The topological polar surface area (TPSA) is 49.2 Å². The van der Waals surface area contributed by atoms with Gasteiger partial charge in [0.2, 0.25) is 0 Å². The van der Waals surface area contributed by atoms with E-state index >= 15 is 0 Å². The number of aryl methyl sites for hydroxylation is 1. The van der Waals surface area contributed by atoms with Gasteiger partial charge in [0.05, 0.1) is 11.7 Å². The van der Waals surface area contributed by atoms with Crippen molar-refractivity contribution in [1.82, 2.24) is 4.98 Å². The zero-order chi connectivity index (χ0) is 13.0. The average molecular weight is 245 g/mol. The first kappa shape index (κ1) is 12.8. The fourth-order valence-corrected chi connectivity index (χ4v) is 2.26. The SMILES string of the molecule is Cc1ccc(C#N)c(N(C)CC2CCCCO2)n1. The highest BCUT2D eigenvalue weighted by Crippen LogP contribution is 2.19. The molecule has 0 saturated carbocycles. The van der Waals surface area contributed by atoms with Crippen molar-refractivity contribution in [3.8, 4) is 6.07 Å². The largest absolute Gasteiger partial charge is 0.376 e. The summed E-state index contributed by atoms with van der Waals surface area (Å²) in [5.41, 5.74) is 1.55. The molecule has 96 valence electrons. The van der Waals surface area contributed by atoms with E-state index in [1.54, 1.807) is 0 Å². The molecule has 0 aromatic carbocycles. The second kappa shape index (κ2) is 5.83. The van der Waals surface area contributed by atoms with Gasteiger partial charge >= 0.3 is 0 Å². The number of hydrogen-bond donors (Lipinski definition) is 0. The van der Waals surface area contributed by atoms with Crippen LogP contribution in [0.2, 0.25) is 0 Å². The summed E-state index contributed by atoms with van der Waals surface area (Å²) in [5, 5.41) is 9.12. The van der Waals surface area contributed by atoms with Crippen molar-refractivity contribution >= 4 is 5.82 Å². The Balaban J connectivity index is 2.10. The predicted molar refractivity (Wildman–Crippen MR) is 70.6 cm³/mol. The Morgan fingerprint density at radius 2 is 2.33 bits per heavy atom. The fourth-order valence-electron chi connectivity index (χ4n) is 2.26. The first-order chi connectivity index (χ1) is 8.70. The van der Waals surface area contributed by atoms with E-state index in [0.29, 0.717) is 5.56 Å². The minimum atomic E-state index is 0.262. The van der Waals surface area contributed by atoms with Crippen molar-refractivity contribution < 1.29 is 4.74 Å². The molecule has 1 aliphatic heterocycles. The lowest BCUT2D eigenvalue weighted by Crippen LogP contribution is -2.34. The molecule has 0 spiro atoms. The highest BCUT2D eigenvalue weighted by atomic mass is 16.5. The normalized spacial score (nSPS) is 19.3. The summed E-state index contributed by atoms with van der Waals surface area (Å²) in [6.45, 7) is 3.59. The first-order valence-electron chi connectivity index (χ1n) is 6.41. The molecule has 18 heavy (non-hydrogen) atoms. The Kier molecular flexibility index (Phi) is 4.16. The number of nitriles is 1. The van der Waals surface area contributed by atoms with Crippen molar-refractivity contribution in [2.45, 2.75) is 32.3 Å². The van der Waals surface area contributed by atoms with Gasteiger partial charge in [0.15, 0.2) is 0 Å². The minimum Gasteiger partial charge on any atom is -0.376 e. The van der Waals surface area contributed by atoms with Crippen LogP contribution in [0.5, 0.6) is 0 Å². The molecule has 1 saturated heterocycles. The standard InChI is InChI=1S/C14H19N3O/c1-11-6-7-12(9-15)14(16-11)17(2)10-13-5-3-4-8-18-13/h6-7,13H,3-5,8,10H2,1-2H3. The number of nitrogens with zero attached hydrogens (tertiary/aromatic N) is 3. The van der Waals surface area contributed by atoms with Gasteiger partial charge in [-0.2, -0.15) is 5.26 Å². The molecule has 2 heterocycles. The maximum Gasteiger partial charge on any atom is 0.146 e. The van der Waals surface area contributed by atoms with Crippen LogP contribution >= 0.6 is 0 Å². The molecule has 0 N–H and O–H groups in total. The van der Waals surface area contributed by atoms with Gasteiger partial charge in [0.25, 0.3) is 0 Å². The third-order valence-corrected chi connectivity index (χ3v) is 3.25. The van der Waals surface area contributed by atoms with Crippen LogP contribution in [-0.2, 0) is 4.74 Å². The lowest BCUT2D eigenvalue weighted by atomic mass is 10.1. The molecule has 1 atom stereocenters. The summed E-state index contributed by atoms with van der Waals surface area (Å²) in [5.74, 6) is 0.756. The molecule has 1 unspecified atom stereocenters. The number of rotatable bonds is 3. The average Bonchev–Trinajstić information content (AvgIpc) is 2.40. The van der Waals surface area contributed by atoms with E-state index in [1.165, 1.54) is 6.42 Å². The maximum absolute atomic E-state index is 9.12. The smallest absolute Gasteiger partial charge is 0.146 e. The Labute approximate surface area is 108 Å². The van der Waals surface area contributed by atoms with Crippen molar-refractivity contribution in [3.05, 3.63) is 23.4 Å². The van der Waals surface area contributed by atoms with E-state index in [1.807, 2.05) is 31.0 Å². The van der Waals surface area contributed by atoms with E-state index in [0.717, 1.165) is 37.5 Å². The lowest BCUT2D eigenvalue weighted by molar-refractivity contribution is 0.0215. The second-order valence-electron chi connectivity index (χ2n) is 4.80. The van der Waals surface area contributed by atoms with Crippen LogP contribution in [0.25, 0.3) is 0 Å². The molecule has 0 amide bonds. The second-order valence-corrected chi connectivity index (χ2v) is 4.80. The van der Waals surface area contributed by atoms with Gasteiger partial charge in [0.1, 0.15) is 11.9 Å². The molecule has 1 aromatic heterocycles. The highest BCUT2D eigenvalue weighted by Gasteiger charge is 2.18. The minimum absolute atomic E-state index is 0.262. The van der Waals surface area contributed by atoms with Gasteiger partial charge in [-0.1, -0.05) is 0 Å². The summed E-state index contributed by atoms with van der Waals surface area (Å²) >= 11 is 0. The molecule has 0 bridgehead atoms. The third kappa shape index (κ3) is 2.99. The molecule has 1 fully saturated rings. The van der Waals surface area contributed by atoms with Gasteiger partial charge in [0, 0.05) is 25.9 Å². The van der Waals surface area contributed by atoms with Gasteiger partial charge in [-0.05, 0) is 38.3 Å². The molecule has 1 aliphatic rings. The molecule has 4 heteroatoms. The summed E-state index contributed by atoms with van der Waals surface area (Å²) < 4.78 is 5.72. The van der Waals surface area contributed by atoms with E-state index in [4.69, 9.17) is 10.00 Å². The van der Waals surface area contributed by atoms with E-state index in [9.17, 15) is 0 Å².